The molecule has 0 N–H and O–H groups in total. The first-order chi connectivity index (χ1) is 10.5. The fourth-order valence-corrected chi connectivity index (χ4v) is 2.51. The van der Waals surface area contributed by atoms with Crippen LogP contribution >= 0.6 is 0 Å². The second-order valence-corrected chi connectivity index (χ2v) is 6.49. The molecule has 1 saturated heterocycles. The molecular weight excluding hydrogens is 282 g/mol. The van der Waals surface area contributed by atoms with Crippen molar-refractivity contribution in [3.63, 3.8) is 0 Å². The minimum absolute atomic E-state index is 0.160. The summed E-state index contributed by atoms with van der Waals surface area (Å²) >= 11 is 0. The largest absolute Gasteiger partial charge is 0.463 e. The van der Waals surface area contributed by atoms with Gasteiger partial charge in [0.25, 0.3) is 0 Å². The molecule has 1 aliphatic rings. The highest BCUT2D eigenvalue weighted by atomic mass is 16.6. The average Bonchev–Trinajstić information content (AvgIpc) is 2.47. The molecule has 1 fully saturated rings. The highest BCUT2D eigenvalue weighted by Crippen LogP contribution is 2.22. The van der Waals surface area contributed by atoms with E-state index < -0.39 is 5.60 Å². The fourth-order valence-electron chi connectivity index (χ4n) is 2.51. The number of nitrogens with zero attached hydrogens (tertiary/aromatic N) is 3. The lowest BCUT2D eigenvalue weighted by Crippen LogP contribution is -2.46. The van der Waals surface area contributed by atoms with Crippen molar-refractivity contribution < 1.29 is 14.3 Å². The topological polar surface area (TPSA) is 64.5 Å². The zero-order valence-corrected chi connectivity index (χ0v) is 13.6. The maximum Gasteiger partial charge on any atom is 0.410 e. The Morgan fingerprint density at radius 2 is 2.05 bits per heavy atom. The molecule has 1 atom stereocenters. The van der Waals surface area contributed by atoms with Crippen LogP contribution in [0.15, 0.2) is 18.5 Å². The van der Waals surface area contributed by atoms with Crippen LogP contribution in [-0.4, -0.2) is 45.8 Å². The van der Waals surface area contributed by atoms with E-state index in [0.717, 1.165) is 32.2 Å². The Labute approximate surface area is 131 Å². The van der Waals surface area contributed by atoms with Crippen molar-refractivity contribution in [2.45, 2.75) is 58.1 Å². The van der Waals surface area contributed by atoms with E-state index in [-0.39, 0.29) is 12.1 Å². The van der Waals surface area contributed by atoms with Gasteiger partial charge in [-0.15, -0.1) is 0 Å². The van der Waals surface area contributed by atoms with Crippen LogP contribution in [0.1, 0.15) is 46.5 Å². The summed E-state index contributed by atoms with van der Waals surface area (Å²) in [6, 6.07) is 2.28. The smallest absolute Gasteiger partial charge is 0.410 e. The highest BCUT2D eigenvalue weighted by molar-refractivity contribution is 5.68. The molecule has 0 radical (unpaired) electrons. The second kappa shape index (κ2) is 7.42. The van der Waals surface area contributed by atoms with Crippen LogP contribution in [0.2, 0.25) is 0 Å². The summed E-state index contributed by atoms with van der Waals surface area (Å²) in [4.78, 5) is 22.2. The van der Waals surface area contributed by atoms with Crippen molar-refractivity contribution in [3.05, 3.63) is 18.5 Å². The van der Waals surface area contributed by atoms with Crippen molar-refractivity contribution in [3.8, 4) is 6.01 Å². The van der Waals surface area contributed by atoms with Crippen molar-refractivity contribution in [2.75, 3.05) is 13.2 Å². The van der Waals surface area contributed by atoms with Crippen LogP contribution in [0, 0.1) is 0 Å². The Kier molecular flexibility index (Phi) is 5.57. The third-order valence-electron chi connectivity index (χ3n) is 3.48. The van der Waals surface area contributed by atoms with Gasteiger partial charge in [0, 0.05) is 31.4 Å². The lowest BCUT2D eigenvalue weighted by Gasteiger charge is -2.36. The summed E-state index contributed by atoms with van der Waals surface area (Å²) < 4.78 is 11.0. The van der Waals surface area contributed by atoms with E-state index in [1.807, 2.05) is 25.7 Å². The van der Waals surface area contributed by atoms with E-state index in [0.29, 0.717) is 12.6 Å². The third-order valence-corrected chi connectivity index (χ3v) is 3.48. The van der Waals surface area contributed by atoms with Crippen molar-refractivity contribution in [1.29, 1.82) is 0 Å². The molecule has 1 aliphatic heterocycles. The number of aromatic nitrogens is 2. The molecule has 2 rings (SSSR count). The summed E-state index contributed by atoms with van der Waals surface area (Å²) in [6.45, 7) is 6.91. The van der Waals surface area contributed by atoms with Gasteiger partial charge in [0.05, 0.1) is 6.61 Å². The maximum absolute atomic E-state index is 12.3. The summed E-state index contributed by atoms with van der Waals surface area (Å²) in [6.07, 6.45) is 6.97. The van der Waals surface area contributed by atoms with E-state index in [1.54, 1.807) is 18.5 Å². The Hall–Kier alpha value is -1.85. The van der Waals surface area contributed by atoms with E-state index >= 15 is 0 Å². The molecule has 22 heavy (non-hydrogen) atoms. The van der Waals surface area contributed by atoms with Gasteiger partial charge in [-0.3, -0.25) is 0 Å². The average molecular weight is 307 g/mol. The van der Waals surface area contributed by atoms with Crippen LogP contribution in [-0.2, 0) is 4.74 Å². The van der Waals surface area contributed by atoms with E-state index in [9.17, 15) is 4.79 Å². The lowest BCUT2D eigenvalue weighted by atomic mass is 10.0. The zero-order valence-electron chi connectivity index (χ0n) is 13.6. The van der Waals surface area contributed by atoms with Gasteiger partial charge in [-0.1, -0.05) is 0 Å². The molecule has 1 unspecified atom stereocenters. The van der Waals surface area contributed by atoms with E-state index in [4.69, 9.17) is 9.47 Å². The molecular formula is C16H25N3O3. The number of likely N-dealkylation sites (tertiary alicyclic amines) is 1. The normalized spacial score (nSPS) is 18.9. The summed E-state index contributed by atoms with van der Waals surface area (Å²) in [5.74, 6) is 0. The summed E-state index contributed by atoms with van der Waals surface area (Å²) in [5.41, 5.74) is -0.465. The molecule has 2 heterocycles. The Bertz CT molecular complexity index is 473. The lowest BCUT2D eigenvalue weighted by molar-refractivity contribution is 0.00732. The van der Waals surface area contributed by atoms with Crippen molar-refractivity contribution >= 4 is 6.09 Å². The van der Waals surface area contributed by atoms with Crippen LogP contribution < -0.4 is 4.74 Å². The number of hydrogen-bond acceptors (Lipinski definition) is 5. The first kappa shape index (κ1) is 16.5. The zero-order chi connectivity index (χ0) is 16.0. The third kappa shape index (κ3) is 5.16. The number of carbonyl (C=O) groups is 1. The standard InChI is InChI=1S/C16H25N3O3/c1-16(2,3)22-15(20)19-11-5-4-7-13(19)8-12-21-14-17-9-6-10-18-14/h6,9-10,13H,4-5,7-8,11-12H2,1-3H3. The van der Waals surface area contributed by atoms with Crippen LogP contribution in [0.25, 0.3) is 0 Å². The minimum Gasteiger partial charge on any atom is -0.463 e. The number of carbonyl (C=O) groups excluding carboxylic acids is 1. The number of piperidine rings is 1. The molecule has 6 heteroatoms. The minimum atomic E-state index is -0.465. The molecule has 0 bridgehead atoms. The number of ether oxygens (including phenoxy) is 2. The quantitative estimate of drug-likeness (QED) is 0.855. The number of rotatable bonds is 4. The van der Waals surface area contributed by atoms with E-state index in [1.165, 1.54) is 0 Å². The van der Waals surface area contributed by atoms with Crippen molar-refractivity contribution in [2.24, 2.45) is 0 Å². The predicted molar refractivity (Wildman–Crippen MR) is 82.7 cm³/mol. The first-order valence-electron chi connectivity index (χ1n) is 7.85. The molecule has 1 aromatic heterocycles. The molecule has 0 aliphatic carbocycles. The van der Waals surface area contributed by atoms with Crippen LogP contribution in [0.5, 0.6) is 6.01 Å². The molecule has 0 spiro atoms. The Morgan fingerprint density at radius 3 is 2.73 bits per heavy atom. The monoisotopic (exact) mass is 307 g/mol. The maximum atomic E-state index is 12.3. The Balaban J connectivity index is 1.85. The fraction of sp³-hybridized carbons (Fsp3) is 0.688. The summed E-state index contributed by atoms with van der Waals surface area (Å²) in [5, 5.41) is 0. The van der Waals surface area contributed by atoms with Gasteiger partial charge in [0.2, 0.25) is 0 Å². The van der Waals surface area contributed by atoms with Crippen LogP contribution in [0.3, 0.4) is 0 Å². The van der Waals surface area contributed by atoms with Gasteiger partial charge in [-0.25, -0.2) is 14.8 Å². The van der Waals surface area contributed by atoms with Gasteiger partial charge < -0.3 is 14.4 Å². The van der Waals surface area contributed by atoms with Gasteiger partial charge in [-0.2, -0.15) is 0 Å². The summed E-state index contributed by atoms with van der Waals surface area (Å²) in [7, 11) is 0. The van der Waals surface area contributed by atoms with Gasteiger partial charge in [0.1, 0.15) is 5.60 Å². The molecule has 6 nitrogen and oxygen atoms in total. The van der Waals surface area contributed by atoms with Crippen LogP contribution in [0.4, 0.5) is 4.79 Å². The SMILES string of the molecule is CC(C)(C)OC(=O)N1CCCCC1CCOc1ncccn1. The molecule has 122 valence electrons. The Morgan fingerprint density at radius 1 is 1.32 bits per heavy atom. The predicted octanol–water partition coefficient (Wildman–Crippen LogP) is 3.04. The molecule has 1 aromatic rings. The number of hydrogen-bond donors (Lipinski definition) is 0. The van der Waals surface area contributed by atoms with Gasteiger partial charge >= 0.3 is 12.1 Å². The molecule has 0 saturated carbocycles. The van der Waals surface area contributed by atoms with Gasteiger partial charge in [-0.05, 0) is 46.1 Å². The van der Waals surface area contributed by atoms with Gasteiger partial charge in [0.15, 0.2) is 0 Å². The molecule has 0 aromatic carbocycles. The molecule has 1 amide bonds. The van der Waals surface area contributed by atoms with E-state index in [2.05, 4.69) is 9.97 Å². The number of amides is 1. The highest BCUT2D eigenvalue weighted by Gasteiger charge is 2.30. The second-order valence-electron chi connectivity index (χ2n) is 6.49. The first-order valence-corrected chi connectivity index (χ1v) is 7.85. The van der Waals surface area contributed by atoms with Crippen molar-refractivity contribution in [1.82, 2.24) is 14.9 Å².